The summed E-state index contributed by atoms with van der Waals surface area (Å²) in [4.78, 5) is 0. The number of hydrogen-bond acceptors (Lipinski definition) is 9. The number of rotatable bonds is 8. The number of benzene rings is 2. The average molecular weight is 401 g/mol. The minimum absolute atomic E-state index is 0.309. The Balaban J connectivity index is 1.79. The van der Waals surface area contributed by atoms with Gasteiger partial charge in [-0.2, -0.15) is 0 Å². The lowest BCUT2D eigenvalue weighted by atomic mass is 10.1. The summed E-state index contributed by atoms with van der Waals surface area (Å²) >= 11 is 1.27. The molecule has 0 spiro atoms. The van der Waals surface area contributed by atoms with Gasteiger partial charge in [-0.25, -0.2) is 0 Å². The topological polar surface area (TPSA) is 99.2 Å². The van der Waals surface area contributed by atoms with Gasteiger partial charge in [0, 0.05) is 16.9 Å². The first-order chi connectivity index (χ1) is 13.7. The predicted octanol–water partition coefficient (Wildman–Crippen LogP) is 3.73. The lowest BCUT2D eigenvalue weighted by Crippen LogP contribution is -2.04. The summed E-state index contributed by atoms with van der Waals surface area (Å²) in [5, 5.41) is 21.1. The van der Waals surface area contributed by atoms with Crippen LogP contribution in [0.5, 0.6) is 17.2 Å². The molecule has 0 amide bonds. The Morgan fingerprint density at radius 3 is 2.29 bits per heavy atom. The monoisotopic (exact) mass is 401 g/mol. The number of aromatic nitrogens is 2. The van der Waals surface area contributed by atoms with E-state index in [1.165, 1.54) is 33.1 Å². The highest BCUT2D eigenvalue weighted by Gasteiger charge is 2.18. The summed E-state index contributed by atoms with van der Waals surface area (Å²) < 4.78 is 21.7. The molecule has 0 saturated heterocycles. The van der Waals surface area contributed by atoms with Crippen molar-refractivity contribution in [2.45, 2.75) is 5.22 Å². The summed E-state index contributed by atoms with van der Waals surface area (Å²) in [6, 6.07) is 12.8. The molecule has 0 bridgehead atoms. The van der Waals surface area contributed by atoms with Crippen molar-refractivity contribution < 1.29 is 23.8 Å². The van der Waals surface area contributed by atoms with E-state index >= 15 is 0 Å². The van der Waals surface area contributed by atoms with E-state index in [1.807, 2.05) is 30.3 Å². The summed E-state index contributed by atoms with van der Waals surface area (Å²) in [5.41, 5.74) is 1.97. The third-order valence-corrected chi connectivity index (χ3v) is 4.71. The second-order valence-corrected chi connectivity index (χ2v) is 6.42. The minimum Gasteiger partial charge on any atom is -0.493 e. The molecule has 0 aliphatic heterocycles. The van der Waals surface area contributed by atoms with Gasteiger partial charge in [0.1, 0.15) is 0 Å². The molecule has 0 atom stereocenters. The largest absolute Gasteiger partial charge is 0.493 e. The number of oxime groups is 1. The van der Waals surface area contributed by atoms with Gasteiger partial charge in [0.2, 0.25) is 11.6 Å². The molecule has 0 radical (unpaired) electrons. The van der Waals surface area contributed by atoms with Crippen molar-refractivity contribution in [3.63, 3.8) is 0 Å². The number of methoxy groups -OCH3 is 3. The third-order valence-electron chi connectivity index (χ3n) is 3.88. The predicted molar refractivity (Wildman–Crippen MR) is 105 cm³/mol. The Hall–Kier alpha value is -3.20. The maximum absolute atomic E-state index is 9.27. The molecule has 0 aliphatic rings. The highest BCUT2D eigenvalue weighted by Crippen LogP contribution is 2.41. The van der Waals surface area contributed by atoms with E-state index in [9.17, 15) is 5.21 Å². The van der Waals surface area contributed by atoms with Crippen LogP contribution in [-0.4, -0.2) is 48.2 Å². The fourth-order valence-corrected chi connectivity index (χ4v) is 3.24. The van der Waals surface area contributed by atoms with Crippen LogP contribution in [-0.2, 0) is 0 Å². The van der Waals surface area contributed by atoms with E-state index in [1.54, 1.807) is 12.1 Å². The Morgan fingerprint density at radius 2 is 1.71 bits per heavy atom. The van der Waals surface area contributed by atoms with E-state index in [-0.39, 0.29) is 0 Å². The zero-order chi connectivity index (χ0) is 19.9. The molecule has 9 heteroatoms. The molecule has 3 rings (SSSR count). The van der Waals surface area contributed by atoms with E-state index in [2.05, 4.69) is 15.4 Å². The molecule has 146 valence electrons. The molecular weight excluding hydrogens is 382 g/mol. The van der Waals surface area contributed by atoms with Gasteiger partial charge in [-0.1, -0.05) is 47.2 Å². The first-order valence-corrected chi connectivity index (χ1v) is 9.21. The maximum Gasteiger partial charge on any atom is 0.277 e. The van der Waals surface area contributed by atoms with Gasteiger partial charge in [0.05, 0.1) is 27.0 Å². The molecule has 1 heterocycles. The second-order valence-electron chi connectivity index (χ2n) is 5.49. The fourth-order valence-electron chi connectivity index (χ4n) is 2.52. The average Bonchev–Trinajstić information content (AvgIpc) is 3.22. The SMILES string of the molecule is COc1cc(-c2nnc(SC/C(=N\O)c3ccccc3)o2)cc(OC)c1OC. The van der Waals surface area contributed by atoms with Crippen molar-refractivity contribution in [1.82, 2.24) is 10.2 Å². The number of ether oxygens (including phenoxy) is 3. The van der Waals surface area contributed by atoms with Crippen LogP contribution in [0.4, 0.5) is 0 Å². The van der Waals surface area contributed by atoms with Gasteiger partial charge in [-0.15, -0.1) is 10.2 Å². The Labute approximate surface area is 166 Å². The lowest BCUT2D eigenvalue weighted by molar-refractivity contribution is 0.319. The molecule has 0 aliphatic carbocycles. The second kappa shape index (κ2) is 9.14. The third kappa shape index (κ3) is 4.20. The molecular formula is C19H19N3O5S. The van der Waals surface area contributed by atoms with Crippen molar-refractivity contribution in [2.75, 3.05) is 27.1 Å². The van der Waals surface area contributed by atoms with Gasteiger partial charge in [0.25, 0.3) is 5.22 Å². The van der Waals surface area contributed by atoms with Gasteiger partial charge in [0.15, 0.2) is 11.5 Å². The lowest BCUT2D eigenvalue weighted by Gasteiger charge is -2.12. The quantitative estimate of drug-likeness (QED) is 0.264. The Kier molecular flexibility index (Phi) is 6.38. The zero-order valence-corrected chi connectivity index (χ0v) is 16.4. The van der Waals surface area contributed by atoms with Crippen molar-refractivity contribution in [1.29, 1.82) is 0 Å². The van der Waals surface area contributed by atoms with Crippen LogP contribution in [0.25, 0.3) is 11.5 Å². The number of nitrogens with zero attached hydrogens (tertiary/aromatic N) is 3. The fraction of sp³-hybridized carbons (Fsp3) is 0.211. The summed E-state index contributed by atoms with van der Waals surface area (Å²) in [6.45, 7) is 0. The molecule has 1 aromatic heterocycles. The minimum atomic E-state index is 0.309. The molecule has 28 heavy (non-hydrogen) atoms. The van der Waals surface area contributed by atoms with Gasteiger partial charge < -0.3 is 23.8 Å². The van der Waals surface area contributed by atoms with Gasteiger partial charge in [-0.3, -0.25) is 0 Å². The van der Waals surface area contributed by atoms with Crippen LogP contribution in [0.3, 0.4) is 0 Å². The van der Waals surface area contributed by atoms with Crippen LogP contribution >= 0.6 is 11.8 Å². The van der Waals surface area contributed by atoms with E-state index in [4.69, 9.17) is 18.6 Å². The van der Waals surface area contributed by atoms with Crippen molar-refractivity contribution in [3.8, 4) is 28.7 Å². The summed E-state index contributed by atoms with van der Waals surface area (Å²) in [5.74, 6) is 2.14. The van der Waals surface area contributed by atoms with Crippen LogP contribution in [0.2, 0.25) is 0 Å². The molecule has 8 nitrogen and oxygen atoms in total. The number of thioether (sulfide) groups is 1. The van der Waals surface area contributed by atoms with Crippen molar-refractivity contribution in [2.24, 2.45) is 5.16 Å². The normalized spacial score (nSPS) is 11.3. The molecule has 2 aromatic carbocycles. The highest BCUT2D eigenvalue weighted by molar-refractivity contribution is 7.99. The molecule has 0 unspecified atom stereocenters. The molecule has 3 aromatic rings. The van der Waals surface area contributed by atoms with Crippen LogP contribution in [0.15, 0.2) is 57.3 Å². The summed E-state index contributed by atoms with van der Waals surface area (Å²) in [7, 11) is 4.61. The van der Waals surface area contributed by atoms with Crippen molar-refractivity contribution >= 4 is 17.5 Å². The zero-order valence-electron chi connectivity index (χ0n) is 15.6. The Bertz CT molecular complexity index is 934. The van der Waals surface area contributed by atoms with Crippen LogP contribution in [0, 0.1) is 0 Å². The first-order valence-electron chi connectivity index (χ1n) is 8.23. The van der Waals surface area contributed by atoms with E-state index in [0.717, 1.165) is 5.56 Å². The van der Waals surface area contributed by atoms with Gasteiger partial charge in [-0.05, 0) is 12.1 Å². The number of hydrogen-bond donors (Lipinski definition) is 1. The standard InChI is InChI=1S/C19H19N3O5S/c1-24-15-9-13(10-16(25-2)17(15)26-3)18-20-21-19(27-18)28-11-14(22-23)12-7-5-4-6-8-12/h4-10,23H,11H2,1-3H3/b22-14+. The highest BCUT2D eigenvalue weighted by atomic mass is 32.2. The molecule has 0 fully saturated rings. The van der Waals surface area contributed by atoms with E-state index < -0.39 is 0 Å². The molecule has 1 N–H and O–H groups in total. The maximum atomic E-state index is 9.27. The summed E-state index contributed by atoms with van der Waals surface area (Å²) in [6.07, 6.45) is 0. The van der Waals surface area contributed by atoms with Crippen LogP contribution in [0.1, 0.15) is 5.56 Å². The van der Waals surface area contributed by atoms with Crippen molar-refractivity contribution in [3.05, 3.63) is 48.0 Å². The van der Waals surface area contributed by atoms with Gasteiger partial charge >= 0.3 is 0 Å². The van der Waals surface area contributed by atoms with Crippen LogP contribution < -0.4 is 14.2 Å². The smallest absolute Gasteiger partial charge is 0.277 e. The first kappa shape index (κ1) is 19.6. The Morgan fingerprint density at radius 1 is 1.04 bits per heavy atom. The van der Waals surface area contributed by atoms with E-state index in [0.29, 0.717) is 45.4 Å². The molecule has 0 saturated carbocycles.